The number of carbonyl (C=O) groups is 2. The summed E-state index contributed by atoms with van der Waals surface area (Å²) in [5.41, 5.74) is 0. The Bertz CT molecular complexity index is 460. The molecule has 1 heterocycles. The molecular formula is C13H20N4O3. The van der Waals surface area contributed by atoms with Gasteiger partial charge in [0.2, 0.25) is 5.91 Å². The number of hydrogen-bond donors (Lipinski definition) is 2. The molecule has 0 saturated heterocycles. The van der Waals surface area contributed by atoms with Crippen molar-refractivity contribution in [3.63, 3.8) is 0 Å². The molecule has 3 unspecified atom stereocenters. The molecule has 1 aromatic heterocycles. The first-order chi connectivity index (χ1) is 9.61. The van der Waals surface area contributed by atoms with Crippen molar-refractivity contribution in [2.45, 2.75) is 32.7 Å². The Kier molecular flexibility index (Phi) is 4.70. The lowest BCUT2D eigenvalue weighted by Crippen LogP contribution is -2.36. The lowest BCUT2D eigenvalue weighted by atomic mass is 9.95. The first-order valence-electron chi connectivity index (χ1n) is 6.96. The molecule has 1 aliphatic carbocycles. The van der Waals surface area contributed by atoms with Gasteiger partial charge in [-0.15, -0.1) is 5.10 Å². The van der Waals surface area contributed by atoms with E-state index in [1.807, 2.05) is 6.92 Å². The van der Waals surface area contributed by atoms with E-state index in [9.17, 15) is 14.7 Å². The lowest BCUT2D eigenvalue weighted by molar-refractivity contribution is -0.146. The van der Waals surface area contributed by atoms with Crippen LogP contribution in [-0.2, 0) is 16.1 Å². The smallest absolute Gasteiger partial charge is 0.307 e. The monoisotopic (exact) mass is 280 g/mol. The van der Waals surface area contributed by atoms with Crippen LogP contribution in [0.3, 0.4) is 0 Å². The minimum Gasteiger partial charge on any atom is -0.481 e. The summed E-state index contributed by atoms with van der Waals surface area (Å²) in [4.78, 5) is 23.4. The fourth-order valence-corrected chi connectivity index (χ4v) is 2.82. The third-order valence-electron chi connectivity index (χ3n) is 4.00. The number of aromatic nitrogens is 3. The van der Waals surface area contributed by atoms with Crippen molar-refractivity contribution in [3.8, 4) is 0 Å². The Morgan fingerprint density at radius 1 is 1.40 bits per heavy atom. The van der Waals surface area contributed by atoms with Gasteiger partial charge in [-0.25, -0.2) is 0 Å². The van der Waals surface area contributed by atoms with Crippen molar-refractivity contribution in [2.75, 3.05) is 6.54 Å². The predicted octanol–water partition coefficient (Wildman–Crippen LogP) is 0.531. The quantitative estimate of drug-likeness (QED) is 0.792. The van der Waals surface area contributed by atoms with E-state index in [1.165, 1.54) is 0 Å². The van der Waals surface area contributed by atoms with Crippen LogP contribution in [0.4, 0.5) is 0 Å². The maximum atomic E-state index is 12.1. The Labute approximate surface area is 117 Å². The van der Waals surface area contributed by atoms with E-state index >= 15 is 0 Å². The molecule has 1 saturated carbocycles. The molecule has 7 nitrogen and oxygen atoms in total. The Morgan fingerprint density at radius 3 is 2.75 bits per heavy atom. The average Bonchev–Trinajstić information content (AvgIpc) is 3.07. The van der Waals surface area contributed by atoms with Crippen LogP contribution in [0.25, 0.3) is 0 Å². The second-order valence-electron chi connectivity index (χ2n) is 5.25. The molecular weight excluding hydrogens is 260 g/mol. The molecule has 20 heavy (non-hydrogen) atoms. The number of carbonyl (C=O) groups excluding carboxylic acids is 1. The minimum atomic E-state index is -0.864. The maximum Gasteiger partial charge on any atom is 0.307 e. The van der Waals surface area contributed by atoms with Crippen molar-refractivity contribution in [2.24, 2.45) is 17.8 Å². The van der Waals surface area contributed by atoms with E-state index < -0.39 is 17.8 Å². The standard InChI is InChI=1S/C13H20N4O3/c1-2-9-7-10(11(8-9)13(19)20)12(18)14-3-5-17-6-4-15-16-17/h4,6,9-11H,2-3,5,7-8H2,1H3,(H,14,18)(H,19,20). The molecule has 110 valence electrons. The minimum absolute atomic E-state index is 0.159. The van der Waals surface area contributed by atoms with Crippen molar-refractivity contribution in [1.29, 1.82) is 0 Å². The summed E-state index contributed by atoms with van der Waals surface area (Å²) in [5, 5.41) is 19.5. The summed E-state index contributed by atoms with van der Waals surface area (Å²) < 4.78 is 1.62. The van der Waals surface area contributed by atoms with E-state index in [1.54, 1.807) is 17.1 Å². The summed E-state index contributed by atoms with van der Waals surface area (Å²) in [5.74, 6) is -1.65. The Hall–Kier alpha value is -1.92. The van der Waals surface area contributed by atoms with Crippen LogP contribution in [0.2, 0.25) is 0 Å². The number of rotatable bonds is 6. The van der Waals surface area contributed by atoms with Gasteiger partial charge in [-0.05, 0) is 18.8 Å². The molecule has 1 aliphatic rings. The maximum absolute atomic E-state index is 12.1. The number of amides is 1. The van der Waals surface area contributed by atoms with Crippen molar-refractivity contribution < 1.29 is 14.7 Å². The van der Waals surface area contributed by atoms with Crippen LogP contribution in [0.1, 0.15) is 26.2 Å². The van der Waals surface area contributed by atoms with Gasteiger partial charge < -0.3 is 10.4 Å². The highest BCUT2D eigenvalue weighted by atomic mass is 16.4. The van der Waals surface area contributed by atoms with Crippen molar-refractivity contribution >= 4 is 11.9 Å². The van der Waals surface area contributed by atoms with Gasteiger partial charge in [0.15, 0.2) is 0 Å². The third kappa shape index (κ3) is 3.34. The van der Waals surface area contributed by atoms with Gasteiger partial charge in [0.1, 0.15) is 0 Å². The van der Waals surface area contributed by atoms with Crippen LogP contribution < -0.4 is 5.32 Å². The second kappa shape index (κ2) is 6.49. The normalized spacial score (nSPS) is 25.6. The van der Waals surface area contributed by atoms with Gasteiger partial charge in [-0.3, -0.25) is 14.3 Å². The SMILES string of the molecule is CCC1CC(C(=O)O)C(C(=O)NCCn2ccnn2)C1. The molecule has 2 N–H and O–H groups in total. The summed E-state index contributed by atoms with van der Waals surface area (Å²) in [6.07, 6.45) is 5.49. The number of hydrogen-bond acceptors (Lipinski definition) is 4. The van der Waals surface area contributed by atoms with Crippen LogP contribution >= 0.6 is 0 Å². The molecule has 7 heteroatoms. The topological polar surface area (TPSA) is 97.1 Å². The summed E-state index contributed by atoms with van der Waals surface area (Å²) in [7, 11) is 0. The van der Waals surface area contributed by atoms with Gasteiger partial charge in [-0.2, -0.15) is 0 Å². The fraction of sp³-hybridized carbons (Fsp3) is 0.692. The van der Waals surface area contributed by atoms with Crippen molar-refractivity contribution in [3.05, 3.63) is 12.4 Å². The van der Waals surface area contributed by atoms with Gasteiger partial charge in [0.05, 0.1) is 24.6 Å². The highest BCUT2D eigenvalue weighted by Gasteiger charge is 2.41. The molecule has 0 aliphatic heterocycles. The van der Waals surface area contributed by atoms with E-state index in [4.69, 9.17) is 0 Å². The van der Waals surface area contributed by atoms with Gasteiger partial charge >= 0.3 is 5.97 Å². The predicted molar refractivity (Wildman–Crippen MR) is 70.7 cm³/mol. The number of carboxylic acids is 1. The van der Waals surface area contributed by atoms with Crippen LogP contribution in [0.5, 0.6) is 0 Å². The van der Waals surface area contributed by atoms with Crippen LogP contribution in [0, 0.1) is 17.8 Å². The zero-order chi connectivity index (χ0) is 14.5. The van der Waals surface area contributed by atoms with E-state index in [0.29, 0.717) is 31.8 Å². The molecule has 0 aromatic carbocycles. The molecule has 0 radical (unpaired) electrons. The average molecular weight is 280 g/mol. The molecule has 0 bridgehead atoms. The Balaban J connectivity index is 1.85. The number of nitrogens with zero attached hydrogens (tertiary/aromatic N) is 3. The summed E-state index contributed by atoms with van der Waals surface area (Å²) >= 11 is 0. The molecule has 3 atom stereocenters. The number of aliphatic carboxylic acids is 1. The van der Waals surface area contributed by atoms with Crippen LogP contribution in [0.15, 0.2) is 12.4 Å². The van der Waals surface area contributed by atoms with E-state index in [0.717, 1.165) is 6.42 Å². The van der Waals surface area contributed by atoms with E-state index in [2.05, 4.69) is 15.6 Å². The first-order valence-corrected chi connectivity index (χ1v) is 6.96. The molecule has 1 fully saturated rings. The highest BCUT2D eigenvalue weighted by Crippen LogP contribution is 2.38. The second-order valence-corrected chi connectivity index (χ2v) is 5.25. The zero-order valence-electron chi connectivity index (χ0n) is 11.5. The lowest BCUT2D eigenvalue weighted by Gasteiger charge is -2.15. The number of nitrogens with one attached hydrogen (secondary N) is 1. The van der Waals surface area contributed by atoms with Gasteiger partial charge in [0, 0.05) is 12.7 Å². The molecule has 1 amide bonds. The zero-order valence-corrected chi connectivity index (χ0v) is 11.5. The fourth-order valence-electron chi connectivity index (χ4n) is 2.82. The van der Waals surface area contributed by atoms with E-state index in [-0.39, 0.29) is 5.91 Å². The highest BCUT2D eigenvalue weighted by molar-refractivity contribution is 5.85. The summed E-state index contributed by atoms with van der Waals surface area (Å²) in [6.45, 7) is 3.00. The Morgan fingerprint density at radius 2 is 2.15 bits per heavy atom. The third-order valence-corrected chi connectivity index (χ3v) is 4.00. The summed E-state index contributed by atoms with van der Waals surface area (Å²) in [6, 6.07) is 0. The largest absolute Gasteiger partial charge is 0.481 e. The van der Waals surface area contributed by atoms with Gasteiger partial charge in [0.25, 0.3) is 0 Å². The van der Waals surface area contributed by atoms with Crippen LogP contribution in [-0.4, -0.2) is 38.5 Å². The molecule has 2 rings (SSSR count). The van der Waals surface area contributed by atoms with Gasteiger partial charge in [-0.1, -0.05) is 18.6 Å². The molecule has 1 aromatic rings. The first kappa shape index (κ1) is 14.5. The number of carboxylic acid groups (broad SMARTS) is 1. The molecule has 0 spiro atoms. The van der Waals surface area contributed by atoms with Crippen molar-refractivity contribution in [1.82, 2.24) is 20.3 Å².